The van der Waals surface area contributed by atoms with Crippen LogP contribution in [0, 0.1) is 0 Å². The van der Waals surface area contributed by atoms with E-state index in [4.69, 9.17) is 4.74 Å². The number of ether oxygens (including phenoxy) is 1. The molecule has 4 heteroatoms. The largest absolute Gasteiger partial charge is 0.426 e. The van der Waals surface area contributed by atoms with Crippen LogP contribution in [-0.4, -0.2) is 16.4 Å². The van der Waals surface area contributed by atoms with Gasteiger partial charge >= 0.3 is 5.97 Å². The second-order valence-corrected chi connectivity index (χ2v) is 4.64. The minimum Gasteiger partial charge on any atom is -0.426 e. The van der Waals surface area contributed by atoms with Crippen LogP contribution in [0.1, 0.15) is 17.3 Å². The summed E-state index contributed by atoms with van der Waals surface area (Å²) in [6, 6.07) is 16.1. The number of nitrogens with zero attached hydrogens (tertiary/aromatic N) is 1. The lowest BCUT2D eigenvalue weighted by atomic mass is 10.2. The Balaban J connectivity index is 2.09. The molecule has 0 bridgehead atoms. The van der Waals surface area contributed by atoms with Gasteiger partial charge in [-0.2, -0.15) is 0 Å². The van der Waals surface area contributed by atoms with Crippen molar-refractivity contribution in [1.29, 1.82) is 0 Å². The number of fused-ring (bicyclic) bond motifs is 1. The maximum absolute atomic E-state index is 12.5. The highest BCUT2D eigenvalue weighted by Gasteiger charge is 2.13. The molecule has 1 aromatic heterocycles. The molecule has 0 saturated heterocycles. The van der Waals surface area contributed by atoms with Crippen LogP contribution in [0.2, 0.25) is 0 Å². The van der Waals surface area contributed by atoms with Gasteiger partial charge in [0.2, 0.25) is 0 Å². The molecule has 0 radical (unpaired) electrons. The summed E-state index contributed by atoms with van der Waals surface area (Å²) in [5.41, 5.74) is 1.32. The van der Waals surface area contributed by atoms with Gasteiger partial charge < -0.3 is 4.74 Å². The predicted octanol–water partition coefficient (Wildman–Crippen LogP) is 3.26. The third-order valence-electron chi connectivity index (χ3n) is 3.19. The number of carbonyl (C=O) groups excluding carboxylic acids is 2. The quantitative estimate of drug-likeness (QED) is 0.534. The lowest BCUT2D eigenvalue weighted by Crippen LogP contribution is -2.10. The molecule has 2 aromatic carbocycles. The zero-order valence-corrected chi connectivity index (χ0v) is 11.4. The molecule has 1 heterocycles. The van der Waals surface area contributed by atoms with Gasteiger partial charge in [0.1, 0.15) is 5.75 Å². The van der Waals surface area contributed by atoms with Crippen molar-refractivity contribution in [3.05, 3.63) is 66.4 Å². The van der Waals surface area contributed by atoms with E-state index in [1.165, 1.54) is 6.92 Å². The van der Waals surface area contributed by atoms with Crippen molar-refractivity contribution >= 4 is 22.8 Å². The summed E-state index contributed by atoms with van der Waals surface area (Å²) in [4.78, 5) is 23.6. The molecule has 3 aromatic rings. The molecule has 0 spiro atoms. The predicted molar refractivity (Wildman–Crippen MR) is 79.4 cm³/mol. The summed E-state index contributed by atoms with van der Waals surface area (Å²) >= 11 is 0. The summed E-state index contributed by atoms with van der Waals surface area (Å²) in [5, 5.41) is 0.733. The number of esters is 1. The molecule has 0 atom stereocenters. The molecule has 104 valence electrons. The van der Waals surface area contributed by atoms with E-state index < -0.39 is 0 Å². The van der Waals surface area contributed by atoms with E-state index in [0.29, 0.717) is 16.8 Å². The van der Waals surface area contributed by atoms with Crippen LogP contribution in [0.3, 0.4) is 0 Å². The van der Waals surface area contributed by atoms with Gasteiger partial charge in [-0.15, -0.1) is 0 Å². The Kier molecular flexibility index (Phi) is 3.28. The number of benzene rings is 2. The van der Waals surface area contributed by atoms with E-state index in [0.717, 1.165) is 5.39 Å². The normalized spacial score (nSPS) is 10.5. The molecule has 3 rings (SSSR count). The first-order valence-electron chi connectivity index (χ1n) is 6.55. The van der Waals surface area contributed by atoms with Crippen molar-refractivity contribution in [2.75, 3.05) is 0 Å². The van der Waals surface area contributed by atoms with Crippen molar-refractivity contribution in [1.82, 2.24) is 4.57 Å². The van der Waals surface area contributed by atoms with Gasteiger partial charge in [0, 0.05) is 24.1 Å². The Morgan fingerprint density at radius 3 is 2.43 bits per heavy atom. The fraction of sp³-hybridized carbons (Fsp3) is 0.0588. The highest BCUT2D eigenvalue weighted by Crippen LogP contribution is 2.27. The monoisotopic (exact) mass is 279 g/mol. The van der Waals surface area contributed by atoms with E-state index in [1.54, 1.807) is 41.1 Å². The van der Waals surface area contributed by atoms with E-state index in [9.17, 15) is 9.59 Å². The van der Waals surface area contributed by atoms with Gasteiger partial charge in [-0.1, -0.05) is 24.3 Å². The lowest BCUT2D eigenvalue weighted by molar-refractivity contribution is -0.131. The number of hydrogen-bond acceptors (Lipinski definition) is 3. The Labute approximate surface area is 121 Å². The first-order valence-corrected chi connectivity index (χ1v) is 6.55. The smallest absolute Gasteiger partial charge is 0.308 e. The zero-order valence-electron chi connectivity index (χ0n) is 11.4. The Hall–Kier alpha value is -2.88. The SMILES string of the molecule is CC(=O)Oc1cccc2c1ccn2C(=O)c1ccccc1. The standard InChI is InChI=1S/C17H13NO3/c1-12(19)21-16-9-5-8-15-14(16)10-11-18(15)17(20)13-6-3-2-4-7-13/h2-11H,1H3. The molecule has 4 nitrogen and oxygen atoms in total. The first-order chi connectivity index (χ1) is 10.2. The minimum absolute atomic E-state index is 0.120. The third-order valence-corrected chi connectivity index (χ3v) is 3.19. The van der Waals surface area contributed by atoms with E-state index >= 15 is 0 Å². The Morgan fingerprint density at radius 2 is 1.71 bits per heavy atom. The van der Waals surface area contributed by atoms with Crippen molar-refractivity contribution in [3.63, 3.8) is 0 Å². The van der Waals surface area contributed by atoms with Crippen LogP contribution < -0.4 is 4.74 Å². The van der Waals surface area contributed by atoms with Crippen molar-refractivity contribution in [2.24, 2.45) is 0 Å². The van der Waals surface area contributed by atoms with Crippen LogP contribution in [-0.2, 0) is 4.79 Å². The van der Waals surface area contributed by atoms with Crippen LogP contribution in [0.5, 0.6) is 5.75 Å². The Bertz CT molecular complexity index is 818. The second-order valence-electron chi connectivity index (χ2n) is 4.64. The summed E-state index contributed by atoms with van der Waals surface area (Å²) in [6.45, 7) is 1.35. The highest BCUT2D eigenvalue weighted by atomic mass is 16.5. The average molecular weight is 279 g/mol. The van der Waals surface area contributed by atoms with E-state index in [1.807, 2.05) is 24.3 Å². The van der Waals surface area contributed by atoms with Gasteiger partial charge in [-0.3, -0.25) is 14.2 Å². The minimum atomic E-state index is -0.385. The molecular weight excluding hydrogens is 266 g/mol. The molecular formula is C17H13NO3. The molecule has 0 amide bonds. The summed E-state index contributed by atoms with van der Waals surface area (Å²) in [7, 11) is 0. The first kappa shape index (κ1) is 13.1. The van der Waals surface area contributed by atoms with Crippen LogP contribution in [0.15, 0.2) is 60.8 Å². The molecule has 0 fully saturated rings. The fourth-order valence-electron chi connectivity index (χ4n) is 2.28. The Morgan fingerprint density at radius 1 is 0.952 bits per heavy atom. The summed E-state index contributed by atoms with van der Waals surface area (Å²) < 4.78 is 6.72. The number of carbonyl (C=O) groups is 2. The number of aromatic nitrogens is 1. The third kappa shape index (κ3) is 2.43. The van der Waals surface area contributed by atoms with Crippen molar-refractivity contribution in [3.8, 4) is 5.75 Å². The highest BCUT2D eigenvalue weighted by molar-refractivity contribution is 6.03. The molecule has 21 heavy (non-hydrogen) atoms. The van der Waals surface area contributed by atoms with Crippen LogP contribution in [0.4, 0.5) is 0 Å². The van der Waals surface area contributed by atoms with Crippen molar-refractivity contribution in [2.45, 2.75) is 6.92 Å². The van der Waals surface area contributed by atoms with Gasteiger partial charge in [0.25, 0.3) is 5.91 Å². The number of hydrogen-bond donors (Lipinski definition) is 0. The molecule has 0 aliphatic carbocycles. The molecule has 0 saturated carbocycles. The van der Waals surface area contributed by atoms with Gasteiger partial charge in [-0.25, -0.2) is 0 Å². The maximum atomic E-state index is 12.5. The molecule has 0 aliphatic heterocycles. The topological polar surface area (TPSA) is 48.3 Å². The zero-order chi connectivity index (χ0) is 14.8. The summed E-state index contributed by atoms with van der Waals surface area (Å²) in [6.07, 6.45) is 1.69. The molecule has 0 N–H and O–H groups in total. The van der Waals surface area contributed by atoms with E-state index in [-0.39, 0.29) is 11.9 Å². The average Bonchev–Trinajstić information content (AvgIpc) is 2.92. The van der Waals surface area contributed by atoms with E-state index in [2.05, 4.69) is 0 Å². The van der Waals surface area contributed by atoms with Gasteiger partial charge in [0.05, 0.1) is 5.52 Å². The lowest BCUT2D eigenvalue weighted by Gasteiger charge is -2.06. The number of rotatable bonds is 2. The van der Waals surface area contributed by atoms with Crippen molar-refractivity contribution < 1.29 is 14.3 Å². The second kappa shape index (κ2) is 5.25. The summed E-state index contributed by atoms with van der Waals surface area (Å²) in [5.74, 6) is -0.0465. The fourth-order valence-corrected chi connectivity index (χ4v) is 2.28. The van der Waals surface area contributed by atoms with Gasteiger partial charge in [-0.05, 0) is 30.3 Å². The molecule has 0 aliphatic rings. The molecule has 0 unspecified atom stereocenters. The maximum Gasteiger partial charge on any atom is 0.308 e. The van der Waals surface area contributed by atoms with Crippen LogP contribution >= 0.6 is 0 Å². The van der Waals surface area contributed by atoms with Gasteiger partial charge in [0.15, 0.2) is 0 Å². The van der Waals surface area contributed by atoms with Crippen LogP contribution in [0.25, 0.3) is 10.9 Å².